The Kier molecular flexibility index (Phi) is 6.91. The molecule has 0 bridgehead atoms. The molecule has 0 saturated carbocycles. The number of rotatable bonds is 8. The minimum atomic E-state index is -1.13. The van der Waals surface area contributed by atoms with Gasteiger partial charge in [0, 0.05) is 6.42 Å². The van der Waals surface area contributed by atoms with Gasteiger partial charge in [-0.2, -0.15) is 0 Å². The van der Waals surface area contributed by atoms with E-state index in [1.807, 2.05) is 0 Å². The molecule has 0 spiro atoms. The van der Waals surface area contributed by atoms with Crippen LogP contribution in [0.1, 0.15) is 53.3 Å². The van der Waals surface area contributed by atoms with E-state index in [2.05, 4.69) is 17.6 Å². The zero-order valence-electron chi connectivity index (χ0n) is 14.6. The van der Waals surface area contributed by atoms with E-state index in [0.717, 1.165) is 19.3 Å². The number of hydrogen-bond donors (Lipinski definition) is 3. The van der Waals surface area contributed by atoms with Gasteiger partial charge in [0.15, 0.2) is 0 Å². The van der Waals surface area contributed by atoms with Gasteiger partial charge in [0.05, 0.1) is 22.5 Å². The Hall–Kier alpha value is -3.15. The molecule has 2 aromatic carbocycles. The molecule has 0 aliphatic carbocycles. The van der Waals surface area contributed by atoms with Crippen molar-refractivity contribution < 1.29 is 19.5 Å². The van der Waals surface area contributed by atoms with Crippen LogP contribution >= 0.6 is 0 Å². The summed E-state index contributed by atoms with van der Waals surface area (Å²) in [5, 5.41) is 14.6. The number of carbonyl (C=O) groups is 3. The number of para-hydroxylation sites is 2. The Morgan fingerprint density at radius 3 is 2.04 bits per heavy atom. The molecule has 6 heteroatoms. The van der Waals surface area contributed by atoms with Gasteiger partial charge in [0.2, 0.25) is 5.91 Å². The lowest BCUT2D eigenvalue weighted by Gasteiger charge is -2.12. The molecule has 0 radical (unpaired) electrons. The number of benzene rings is 2. The van der Waals surface area contributed by atoms with Crippen LogP contribution in [0.15, 0.2) is 48.5 Å². The van der Waals surface area contributed by atoms with Crippen LogP contribution in [-0.4, -0.2) is 22.9 Å². The number of hydrogen-bond acceptors (Lipinski definition) is 3. The van der Waals surface area contributed by atoms with Crippen LogP contribution in [0.3, 0.4) is 0 Å². The van der Waals surface area contributed by atoms with Crippen molar-refractivity contribution in [1.82, 2.24) is 0 Å². The zero-order valence-corrected chi connectivity index (χ0v) is 14.6. The zero-order chi connectivity index (χ0) is 18.9. The smallest absolute Gasteiger partial charge is 0.337 e. The van der Waals surface area contributed by atoms with E-state index in [-0.39, 0.29) is 22.7 Å². The van der Waals surface area contributed by atoms with Crippen LogP contribution in [0.2, 0.25) is 0 Å². The van der Waals surface area contributed by atoms with Crippen molar-refractivity contribution in [2.45, 2.75) is 32.6 Å². The van der Waals surface area contributed by atoms with Gasteiger partial charge >= 0.3 is 5.97 Å². The van der Waals surface area contributed by atoms with E-state index >= 15 is 0 Å². The van der Waals surface area contributed by atoms with Crippen molar-refractivity contribution in [3.8, 4) is 0 Å². The first-order valence-electron chi connectivity index (χ1n) is 8.55. The summed E-state index contributed by atoms with van der Waals surface area (Å²) in [6, 6.07) is 12.8. The molecule has 2 amide bonds. The van der Waals surface area contributed by atoms with Gasteiger partial charge in [-0.1, -0.05) is 44.0 Å². The first-order chi connectivity index (χ1) is 12.5. The molecule has 0 atom stereocenters. The van der Waals surface area contributed by atoms with Gasteiger partial charge in [-0.05, 0) is 30.7 Å². The predicted molar refractivity (Wildman–Crippen MR) is 101 cm³/mol. The fraction of sp³-hybridized carbons (Fsp3) is 0.250. The highest BCUT2D eigenvalue weighted by Gasteiger charge is 2.16. The van der Waals surface area contributed by atoms with Crippen molar-refractivity contribution in [3.05, 3.63) is 59.7 Å². The Labute approximate surface area is 152 Å². The summed E-state index contributed by atoms with van der Waals surface area (Å²) in [4.78, 5) is 35.9. The van der Waals surface area contributed by atoms with Crippen LogP contribution in [0, 0.1) is 0 Å². The number of anilines is 2. The SMILES string of the molecule is CCCCCC(=O)Nc1ccccc1C(=O)Nc1ccccc1C(=O)O. The van der Waals surface area contributed by atoms with Crippen LogP contribution in [0.4, 0.5) is 11.4 Å². The quantitative estimate of drug-likeness (QED) is 0.620. The number of nitrogens with one attached hydrogen (secondary N) is 2. The van der Waals surface area contributed by atoms with Gasteiger partial charge < -0.3 is 15.7 Å². The number of carboxylic acids is 1. The maximum Gasteiger partial charge on any atom is 0.337 e. The maximum atomic E-state index is 12.6. The third kappa shape index (κ3) is 5.17. The molecule has 3 N–H and O–H groups in total. The second-order valence-electron chi connectivity index (χ2n) is 5.86. The molecule has 0 aromatic heterocycles. The molecule has 26 heavy (non-hydrogen) atoms. The van der Waals surface area contributed by atoms with Crippen LogP contribution in [-0.2, 0) is 4.79 Å². The number of unbranched alkanes of at least 4 members (excludes halogenated alkanes) is 2. The molecule has 0 unspecified atom stereocenters. The average Bonchev–Trinajstić information content (AvgIpc) is 2.62. The summed E-state index contributed by atoms with van der Waals surface area (Å²) in [6.45, 7) is 2.06. The van der Waals surface area contributed by atoms with Crippen molar-refractivity contribution >= 4 is 29.2 Å². The van der Waals surface area contributed by atoms with Crippen molar-refractivity contribution in [2.75, 3.05) is 10.6 Å². The fourth-order valence-electron chi connectivity index (χ4n) is 2.51. The second kappa shape index (κ2) is 9.36. The van der Waals surface area contributed by atoms with Crippen LogP contribution < -0.4 is 10.6 Å². The van der Waals surface area contributed by atoms with Gasteiger partial charge in [-0.3, -0.25) is 9.59 Å². The molecular formula is C20H22N2O4. The standard InChI is InChI=1S/C20H22N2O4/c1-2-3-4-13-18(23)21-16-11-7-5-9-14(16)19(24)22-17-12-8-6-10-15(17)20(25)26/h5-12H,2-4,13H2,1H3,(H,21,23)(H,22,24)(H,25,26). The number of carbonyl (C=O) groups excluding carboxylic acids is 2. The Balaban J connectivity index is 2.15. The molecular weight excluding hydrogens is 332 g/mol. The van der Waals surface area contributed by atoms with E-state index in [0.29, 0.717) is 12.1 Å². The van der Waals surface area contributed by atoms with Gasteiger partial charge in [0.1, 0.15) is 0 Å². The van der Waals surface area contributed by atoms with Crippen molar-refractivity contribution in [1.29, 1.82) is 0 Å². The topological polar surface area (TPSA) is 95.5 Å². The van der Waals surface area contributed by atoms with Crippen LogP contribution in [0.5, 0.6) is 0 Å². The summed E-state index contributed by atoms with van der Waals surface area (Å²) in [5.74, 6) is -1.76. The summed E-state index contributed by atoms with van der Waals surface area (Å²) in [7, 11) is 0. The monoisotopic (exact) mass is 354 g/mol. The second-order valence-corrected chi connectivity index (χ2v) is 5.86. The largest absolute Gasteiger partial charge is 0.478 e. The molecule has 136 valence electrons. The summed E-state index contributed by atoms with van der Waals surface area (Å²) < 4.78 is 0. The lowest BCUT2D eigenvalue weighted by atomic mass is 10.1. The molecule has 0 heterocycles. The van der Waals surface area contributed by atoms with E-state index in [1.54, 1.807) is 36.4 Å². The third-order valence-corrected chi connectivity index (χ3v) is 3.86. The highest BCUT2D eigenvalue weighted by atomic mass is 16.4. The minimum Gasteiger partial charge on any atom is -0.478 e. The Morgan fingerprint density at radius 1 is 0.846 bits per heavy atom. The maximum absolute atomic E-state index is 12.6. The number of carboxylic acid groups (broad SMARTS) is 1. The fourth-order valence-corrected chi connectivity index (χ4v) is 2.51. The van der Waals surface area contributed by atoms with Gasteiger partial charge in [-0.15, -0.1) is 0 Å². The number of amides is 2. The number of aromatic carboxylic acids is 1. The molecule has 0 fully saturated rings. The molecule has 2 aromatic rings. The Bertz CT molecular complexity index is 802. The first-order valence-corrected chi connectivity index (χ1v) is 8.55. The highest BCUT2D eigenvalue weighted by molar-refractivity contribution is 6.12. The molecule has 0 saturated heterocycles. The van der Waals surface area contributed by atoms with Crippen molar-refractivity contribution in [3.63, 3.8) is 0 Å². The predicted octanol–water partition coefficient (Wildman–Crippen LogP) is 4.16. The van der Waals surface area contributed by atoms with E-state index in [9.17, 15) is 19.5 Å². The minimum absolute atomic E-state index is 0.00179. The van der Waals surface area contributed by atoms with E-state index in [1.165, 1.54) is 12.1 Å². The van der Waals surface area contributed by atoms with E-state index < -0.39 is 11.9 Å². The molecule has 0 aliphatic heterocycles. The average molecular weight is 354 g/mol. The normalized spacial score (nSPS) is 10.2. The molecule has 2 rings (SSSR count). The van der Waals surface area contributed by atoms with E-state index in [4.69, 9.17) is 0 Å². The lowest BCUT2D eigenvalue weighted by molar-refractivity contribution is -0.116. The molecule has 6 nitrogen and oxygen atoms in total. The van der Waals surface area contributed by atoms with Crippen LogP contribution in [0.25, 0.3) is 0 Å². The van der Waals surface area contributed by atoms with Gasteiger partial charge in [-0.25, -0.2) is 4.79 Å². The Morgan fingerprint density at radius 2 is 1.42 bits per heavy atom. The summed E-state index contributed by atoms with van der Waals surface area (Å²) in [6.07, 6.45) is 3.19. The highest BCUT2D eigenvalue weighted by Crippen LogP contribution is 2.20. The summed E-state index contributed by atoms with van der Waals surface area (Å²) in [5.41, 5.74) is 0.881. The summed E-state index contributed by atoms with van der Waals surface area (Å²) >= 11 is 0. The van der Waals surface area contributed by atoms with Gasteiger partial charge in [0.25, 0.3) is 5.91 Å². The third-order valence-electron chi connectivity index (χ3n) is 3.86. The molecule has 0 aliphatic rings. The van der Waals surface area contributed by atoms with Crippen molar-refractivity contribution in [2.24, 2.45) is 0 Å². The first kappa shape index (κ1) is 19.2. The lowest BCUT2D eigenvalue weighted by Crippen LogP contribution is -2.19.